The van der Waals surface area contributed by atoms with Crippen molar-refractivity contribution in [3.05, 3.63) is 23.8 Å². The van der Waals surface area contributed by atoms with Crippen LogP contribution in [0.4, 0.5) is 0 Å². The molecule has 0 heterocycles. The van der Waals surface area contributed by atoms with Crippen molar-refractivity contribution in [2.24, 2.45) is 5.41 Å². The van der Waals surface area contributed by atoms with E-state index in [1.54, 1.807) is 6.08 Å². The minimum absolute atomic E-state index is 0.0318. The quantitative estimate of drug-likeness (QED) is 0.518. The molecule has 1 aliphatic rings. The molecular formula is C10H14O. The monoisotopic (exact) mass is 150 g/mol. The van der Waals surface area contributed by atoms with Gasteiger partial charge in [-0.3, -0.25) is 4.79 Å². The Bertz CT molecular complexity index is 244. The van der Waals surface area contributed by atoms with Gasteiger partial charge in [-0.25, -0.2) is 0 Å². The lowest BCUT2D eigenvalue weighted by Gasteiger charge is -2.30. The Balaban J connectivity index is 3.05. The number of ketones is 1. The zero-order chi connectivity index (χ0) is 8.65. The summed E-state index contributed by atoms with van der Waals surface area (Å²) in [5.41, 5.74) is 2.10. The van der Waals surface area contributed by atoms with Crippen molar-refractivity contribution in [3.8, 4) is 0 Å². The lowest BCUT2D eigenvalue weighted by atomic mass is 9.74. The lowest BCUT2D eigenvalue weighted by Crippen LogP contribution is -2.23. The second kappa shape index (κ2) is 2.33. The molecule has 0 aromatic rings. The number of hydrogen-bond donors (Lipinski definition) is 0. The Labute approximate surface area is 67.8 Å². The molecule has 1 aliphatic carbocycles. The van der Waals surface area contributed by atoms with Crippen molar-refractivity contribution in [2.75, 3.05) is 0 Å². The Kier molecular flexibility index (Phi) is 1.75. The van der Waals surface area contributed by atoms with E-state index in [-0.39, 0.29) is 11.2 Å². The van der Waals surface area contributed by atoms with Gasteiger partial charge in [-0.05, 0) is 29.6 Å². The highest BCUT2D eigenvalue weighted by Crippen LogP contribution is 2.37. The molecule has 11 heavy (non-hydrogen) atoms. The van der Waals surface area contributed by atoms with Crippen molar-refractivity contribution >= 4 is 5.78 Å². The molecule has 1 rings (SSSR count). The average molecular weight is 150 g/mol. The molecule has 0 atom stereocenters. The molecule has 0 saturated carbocycles. The molecule has 1 nitrogen and oxygen atoms in total. The van der Waals surface area contributed by atoms with Gasteiger partial charge in [-0.15, -0.1) is 0 Å². The summed E-state index contributed by atoms with van der Waals surface area (Å²) in [4.78, 5) is 11.1. The fraction of sp³-hybridized carbons (Fsp3) is 0.500. The van der Waals surface area contributed by atoms with Gasteiger partial charge in [0.15, 0.2) is 5.78 Å². The first-order chi connectivity index (χ1) is 4.93. The van der Waals surface area contributed by atoms with E-state index in [1.807, 2.05) is 6.92 Å². The second-order valence-corrected chi connectivity index (χ2v) is 3.83. The Morgan fingerprint density at radius 2 is 2.09 bits per heavy atom. The largest absolute Gasteiger partial charge is 0.295 e. The Morgan fingerprint density at radius 3 is 2.55 bits per heavy atom. The third-order valence-electron chi connectivity index (χ3n) is 2.29. The van der Waals surface area contributed by atoms with Crippen molar-refractivity contribution in [1.82, 2.24) is 0 Å². The fourth-order valence-electron chi connectivity index (χ4n) is 1.46. The van der Waals surface area contributed by atoms with Crippen LogP contribution in [0.15, 0.2) is 23.8 Å². The van der Waals surface area contributed by atoms with E-state index < -0.39 is 0 Å². The fourth-order valence-corrected chi connectivity index (χ4v) is 1.46. The van der Waals surface area contributed by atoms with E-state index in [0.717, 1.165) is 11.1 Å². The minimum Gasteiger partial charge on any atom is -0.295 e. The smallest absolute Gasteiger partial charge is 0.156 e. The summed E-state index contributed by atoms with van der Waals surface area (Å²) in [6, 6.07) is 0. The summed E-state index contributed by atoms with van der Waals surface area (Å²) in [5, 5.41) is 0. The second-order valence-electron chi connectivity index (χ2n) is 3.83. The van der Waals surface area contributed by atoms with Crippen LogP contribution in [-0.2, 0) is 4.79 Å². The van der Waals surface area contributed by atoms with E-state index in [4.69, 9.17) is 0 Å². The van der Waals surface area contributed by atoms with Crippen LogP contribution in [0.5, 0.6) is 0 Å². The molecule has 0 fully saturated rings. The molecular weight excluding hydrogens is 136 g/mol. The molecule has 0 amide bonds. The molecule has 0 bridgehead atoms. The van der Waals surface area contributed by atoms with Crippen LogP contribution in [0.25, 0.3) is 0 Å². The maximum absolute atomic E-state index is 11.1. The first-order valence-corrected chi connectivity index (χ1v) is 3.84. The van der Waals surface area contributed by atoms with Gasteiger partial charge in [0.25, 0.3) is 0 Å². The van der Waals surface area contributed by atoms with E-state index in [0.29, 0.717) is 6.42 Å². The third kappa shape index (κ3) is 1.42. The topological polar surface area (TPSA) is 17.1 Å². The summed E-state index contributed by atoms with van der Waals surface area (Å²) in [7, 11) is 0. The zero-order valence-electron chi connectivity index (χ0n) is 7.40. The Morgan fingerprint density at radius 1 is 1.55 bits per heavy atom. The van der Waals surface area contributed by atoms with Gasteiger partial charge in [0.2, 0.25) is 0 Å². The van der Waals surface area contributed by atoms with Crippen molar-refractivity contribution in [3.63, 3.8) is 0 Å². The van der Waals surface area contributed by atoms with Crippen molar-refractivity contribution in [1.29, 1.82) is 0 Å². The molecule has 0 aromatic carbocycles. The SMILES string of the molecule is C=C1C(C)=CC(=O)CC1(C)C. The molecule has 0 unspecified atom stereocenters. The number of allylic oxidation sites excluding steroid dienone is 3. The predicted octanol–water partition coefficient (Wildman–Crippen LogP) is 2.49. The highest BCUT2D eigenvalue weighted by molar-refractivity contribution is 5.93. The normalized spacial score (nSPS) is 23.4. The maximum Gasteiger partial charge on any atom is 0.156 e. The molecule has 1 heteroatoms. The van der Waals surface area contributed by atoms with Crippen LogP contribution >= 0.6 is 0 Å². The molecule has 0 spiro atoms. The van der Waals surface area contributed by atoms with E-state index in [1.165, 1.54) is 0 Å². The average Bonchev–Trinajstić information content (AvgIpc) is 1.81. The Hall–Kier alpha value is -0.850. The number of rotatable bonds is 0. The van der Waals surface area contributed by atoms with Gasteiger partial charge in [0.1, 0.15) is 0 Å². The summed E-state index contributed by atoms with van der Waals surface area (Å²) < 4.78 is 0. The van der Waals surface area contributed by atoms with E-state index >= 15 is 0 Å². The van der Waals surface area contributed by atoms with Crippen molar-refractivity contribution in [2.45, 2.75) is 27.2 Å². The third-order valence-corrected chi connectivity index (χ3v) is 2.29. The van der Waals surface area contributed by atoms with Crippen LogP contribution in [0.2, 0.25) is 0 Å². The molecule has 0 N–H and O–H groups in total. The highest BCUT2D eigenvalue weighted by atomic mass is 16.1. The minimum atomic E-state index is -0.0318. The summed E-state index contributed by atoms with van der Waals surface area (Å²) >= 11 is 0. The summed E-state index contributed by atoms with van der Waals surface area (Å²) in [6.45, 7) is 10.0. The van der Waals surface area contributed by atoms with Gasteiger partial charge >= 0.3 is 0 Å². The molecule has 0 saturated heterocycles. The molecule has 0 radical (unpaired) electrons. The van der Waals surface area contributed by atoms with Gasteiger partial charge in [-0.1, -0.05) is 20.4 Å². The van der Waals surface area contributed by atoms with Crippen LogP contribution in [0.3, 0.4) is 0 Å². The van der Waals surface area contributed by atoms with Crippen LogP contribution < -0.4 is 0 Å². The zero-order valence-corrected chi connectivity index (χ0v) is 7.40. The summed E-state index contributed by atoms with van der Waals surface area (Å²) in [5.74, 6) is 0.222. The molecule has 0 aromatic heterocycles. The summed E-state index contributed by atoms with van der Waals surface area (Å²) in [6.07, 6.45) is 2.29. The van der Waals surface area contributed by atoms with Crippen molar-refractivity contribution < 1.29 is 4.79 Å². The lowest BCUT2D eigenvalue weighted by molar-refractivity contribution is -0.116. The van der Waals surface area contributed by atoms with Crippen LogP contribution in [0, 0.1) is 5.41 Å². The number of carbonyl (C=O) groups is 1. The first kappa shape index (κ1) is 8.25. The highest BCUT2D eigenvalue weighted by Gasteiger charge is 2.29. The van der Waals surface area contributed by atoms with E-state index in [9.17, 15) is 4.79 Å². The van der Waals surface area contributed by atoms with Gasteiger partial charge in [0, 0.05) is 6.42 Å². The molecule has 60 valence electrons. The van der Waals surface area contributed by atoms with Crippen LogP contribution in [0.1, 0.15) is 27.2 Å². The van der Waals surface area contributed by atoms with E-state index in [2.05, 4.69) is 20.4 Å². The number of carbonyl (C=O) groups excluding carboxylic acids is 1. The number of hydrogen-bond acceptors (Lipinski definition) is 1. The predicted molar refractivity (Wildman–Crippen MR) is 46.3 cm³/mol. The van der Waals surface area contributed by atoms with Gasteiger partial charge < -0.3 is 0 Å². The maximum atomic E-state index is 11.1. The molecule has 0 aliphatic heterocycles. The van der Waals surface area contributed by atoms with Gasteiger partial charge in [0.05, 0.1) is 0 Å². The van der Waals surface area contributed by atoms with Gasteiger partial charge in [-0.2, -0.15) is 0 Å². The van der Waals surface area contributed by atoms with Crippen LogP contribution in [-0.4, -0.2) is 5.78 Å². The standard InChI is InChI=1S/C10H14O/c1-7-5-9(11)6-10(3,4)8(7)2/h5H,2,6H2,1,3-4H3. The first-order valence-electron chi connectivity index (χ1n) is 3.84.